The number of hydrogen-bond acceptors (Lipinski definition) is 1. The highest BCUT2D eigenvalue weighted by Crippen LogP contribution is 2.29. The quantitative estimate of drug-likeness (QED) is 0.825. The predicted molar refractivity (Wildman–Crippen MR) is 64.5 cm³/mol. The number of piperidine rings is 1. The van der Waals surface area contributed by atoms with Crippen molar-refractivity contribution < 1.29 is 9.18 Å². The second-order valence-corrected chi connectivity index (χ2v) is 4.68. The fourth-order valence-corrected chi connectivity index (χ4v) is 2.32. The predicted octanol–water partition coefficient (Wildman–Crippen LogP) is 2.74. The second-order valence-electron chi connectivity index (χ2n) is 4.27. The van der Waals surface area contributed by atoms with Gasteiger partial charge in [-0.1, -0.05) is 17.7 Å². The van der Waals surface area contributed by atoms with E-state index in [9.17, 15) is 9.18 Å². The van der Waals surface area contributed by atoms with Crippen molar-refractivity contribution in [1.82, 2.24) is 4.90 Å². The molecule has 1 heterocycles. The minimum Gasteiger partial charge on any atom is -0.351 e. The number of rotatable bonds is 1. The molecule has 1 aromatic rings. The zero-order chi connectivity index (χ0) is 12.4. The molecule has 0 aliphatic carbocycles. The Labute approximate surface area is 104 Å². The number of urea groups is 1. The zero-order valence-corrected chi connectivity index (χ0v) is 10.1. The average molecular weight is 257 g/mol. The molecule has 1 fully saturated rings. The first-order chi connectivity index (χ1) is 8.08. The van der Waals surface area contributed by atoms with E-state index in [4.69, 9.17) is 17.3 Å². The third-order valence-corrected chi connectivity index (χ3v) is 3.53. The Morgan fingerprint density at radius 2 is 2.06 bits per heavy atom. The maximum Gasteiger partial charge on any atom is 0.314 e. The molecule has 0 saturated carbocycles. The Kier molecular flexibility index (Phi) is 3.52. The molecule has 1 saturated heterocycles. The van der Waals surface area contributed by atoms with Crippen molar-refractivity contribution in [2.45, 2.75) is 18.8 Å². The van der Waals surface area contributed by atoms with Gasteiger partial charge in [-0.15, -0.1) is 0 Å². The van der Waals surface area contributed by atoms with Gasteiger partial charge in [0.15, 0.2) is 0 Å². The van der Waals surface area contributed by atoms with E-state index in [1.807, 2.05) is 6.07 Å². The van der Waals surface area contributed by atoms with Gasteiger partial charge in [0.2, 0.25) is 0 Å². The van der Waals surface area contributed by atoms with Crippen molar-refractivity contribution in [3.05, 3.63) is 34.6 Å². The average Bonchev–Trinajstić information content (AvgIpc) is 2.33. The molecule has 0 radical (unpaired) electrons. The summed E-state index contributed by atoms with van der Waals surface area (Å²) in [6.07, 6.45) is 1.62. The summed E-state index contributed by atoms with van der Waals surface area (Å²) >= 11 is 5.64. The van der Waals surface area contributed by atoms with Gasteiger partial charge >= 0.3 is 6.03 Å². The molecular weight excluding hydrogens is 243 g/mol. The number of nitrogens with two attached hydrogens (primary N) is 1. The molecule has 0 bridgehead atoms. The summed E-state index contributed by atoms with van der Waals surface area (Å²) in [6.45, 7) is 1.26. The van der Waals surface area contributed by atoms with Crippen LogP contribution in [0.25, 0.3) is 0 Å². The summed E-state index contributed by atoms with van der Waals surface area (Å²) in [5, 5.41) is 0.142. The molecule has 92 valence electrons. The largest absolute Gasteiger partial charge is 0.351 e. The third-order valence-electron chi connectivity index (χ3n) is 3.22. The number of halogens is 2. The summed E-state index contributed by atoms with van der Waals surface area (Å²) in [5.74, 6) is -0.112. The Morgan fingerprint density at radius 3 is 2.59 bits per heavy atom. The van der Waals surface area contributed by atoms with Gasteiger partial charge in [-0.05, 0) is 36.5 Å². The van der Waals surface area contributed by atoms with Crippen LogP contribution in [0.1, 0.15) is 24.3 Å². The Bertz CT molecular complexity index is 431. The molecule has 2 N–H and O–H groups in total. The molecule has 0 unspecified atom stereocenters. The monoisotopic (exact) mass is 256 g/mol. The van der Waals surface area contributed by atoms with Gasteiger partial charge in [0.05, 0.1) is 5.02 Å². The first-order valence-corrected chi connectivity index (χ1v) is 5.95. The van der Waals surface area contributed by atoms with Gasteiger partial charge in [0.1, 0.15) is 5.82 Å². The van der Waals surface area contributed by atoms with Gasteiger partial charge in [0, 0.05) is 13.1 Å². The van der Waals surface area contributed by atoms with E-state index in [-0.39, 0.29) is 22.8 Å². The number of amides is 2. The minimum atomic E-state index is -0.388. The molecule has 2 rings (SSSR count). The van der Waals surface area contributed by atoms with Crippen LogP contribution in [-0.4, -0.2) is 24.0 Å². The van der Waals surface area contributed by atoms with Crippen LogP contribution in [0.15, 0.2) is 18.2 Å². The molecule has 0 spiro atoms. The lowest BCUT2D eigenvalue weighted by Gasteiger charge is -2.31. The van der Waals surface area contributed by atoms with Gasteiger partial charge in [-0.2, -0.15) is 0 Å². The molecule has 2 amide bonds. The third kappa shape index (κ3) is 2.69. The van der Waals surface area contributed by atoms with Crippen molar-refractivity contribution in [2.75, 3.05) is 13.1 Å². The molecule has 5 heteroatoms. The Hall–Kier alpha value is -1.29. The minimum absolute atomic E-state index is 0.142. The molecule has 1 aromatic carbocycles. The Balaban J connectivity index is 2.05. The number of benzene rings is 1. The number of carbonyl (C=O) groups is 1. The lowest BCUT2D eigenvalue weighted by atomic mass is 9.89. The van der Waals surface area contributed by atoms with Gasteiger partial charge in [-0.3, -0.25) is 0 Å². The lowest BCUT2D eigenvalue weighted by Crippen LogP contribution is -2.41. The smallest absolute Gasteiger partial charge is 0.314 e. The maximum atomic E-state index is 13.3. The van der Waals surface area contributed by atoms with Crippen LogP contribution in [0.3, 0.4) is 0 Å². The molecule has 3 nitrogen and oxygen atoms in total. The van der Waals surface area contributed by atoms with Crippen LogP contribution in [0.4, 0.5) is 9.18 Å². The van der Waals surface area contributed by atoms with E-state index in [1.165, 1.54) is 6.07 Å². The highest BCUT2D eigenvalue weighted by atomic mass is 35.5. The zero-order valence-electron chi connectivity index (χ0n) is 9.33. The molecular formula is C12H14ClFN2O. The van der Waals surface area contributed by atoms with E-state index < -0.39 is 0 Å². The van der Waals surface area contributed by atoms with Crippen LogP contribution in [0.2, 0.25) is 5.02 Å². The van der Waals surface area contributed by atoms with Crippen LogP contribution < -0.4 is 5.73 Å². The summed E-state index contributed by atoms with van der Waals surface area (Å²) < 4.78 is 13.3. The van der Waals surface area contributed by atoms with Crippen LogP contribution >= 0.6 is 11.6 Å². The van der Waals surface area contributed by atoms with Crippen molar-refractivity contribution in [2.24, 2.45) is 5.73 Å². The summed E-state index contributed by atoms with van der Waals surface area (Å²) in [4.78, 5) is 12.6. The fraction of sp³-hybridized carbons (Fsp3) is 0.417. The number of hydrogen-bond donors (Lipinski definition) is 1. The number of primary amides is 1. The highest BCUT2D eigenvalue weighted by molar-refractivity contribution is 6.30. The second kappa shape index (κ2) is 4.92. The Morgan fingerprint density at radius 1 is 1.41 bits per heavy atom. The van der Waals surface area contributed by atoms with E-state index >= 15 is 0 Å². The SMILES string of the molecule is NC(=O)N1CCC(c2ccc(Cl)c(F)c2)CC1. The van der Waals surface area contributed by atoms with Crippen molar-refractivity contribution >= 4 is 17.6 Å². The summed E-state index contributed by atoms with van der Waals surface area (Å²) in [5.41, 5.74) is 6.15. The van der Waals surface area contributed by atoms with Gasteiger partial charge in [-0.25, -0.2) is 9.18 Å². The standard InChI is InChI=1S/C12H14ClFN2O/c13-10-2-1-9(7-11(10)14)8-3-5-16(6-4-8)12(15)17/h1-2,7-8H,3-6H2,(H2,15,17). The number of nitrogens with zero attached hydrogens (tertiary/aromatic N) is 1. The van der Waals surface area contributed by atoms with E-state index in [0.29, 0.717) is 13.1 Å². The summed E-state index contributed by atoms with van der Waals surface area (Å²) in [7, 11) is 0. The van der Waals surface area contributed by atoms with E-state index in [2.05, 4.69) is 0 Å². The van der Waals surface area contributed by atoms with E-state index in [1.54, 1.807) is 11.0 Å². The highest BCUT2D eigenvalue weighted by Gasteiger charge is 2.22. The molecule has 0 aromatic heterocycles. The molecule has 1 aliphatic heterocycles. The van der Waals surface area contributed by atoms with Crippen LogP contribution in [0, 0.1) is 5.82 Å². The topological polar surface area (TPSA) is 46.3 Å². The first kappa shape index (κ1) is 12.2. The summed E-state index contributed by atoms with van der Waals surface area (Å²) in [6, 6.07) is 4.51. The van der Waals surface area contributed by atoms with Crippen molar-refractivity contribution in [1.29, 1.82) is 0 Å². The normalized spacial score (nSPS) is 17.2. The van der Waals surface area contributed by atoms with Crippen LogP contribution in [0.5, 0.6) is 0 Å². The fourth-order valence-electron chi connectivity index (χ4n) is 2.20. The maximum absolute atomic E-state index is 13.3. The molecule has 0 atom stereocenters. The van der Waals surface area contributed by atoms with Gasteiger partial charge in [0.25, 0.3) is 0 Å². The molecule has 17 heavy (non-hydrogen) atoms. The van der Waals surface area contributed by atoms with E-state index in [0.717, 1.165) is 18.4 Å². The lowest BCUT2D eigenvalue weighted by molar-refractivity contribution is 0.190. The number of likely N-dealkylation sites (tertiary alicyclic amines) is 1. The first-order valence-electron chi connectivity index (χ1n) is 5.57. The number of carbonyl (C=O) groups excluding carboxylic acids is 1. The van der Waals surface area contributed by atoms with Crippen LogP contribution in [-0.2, 0) is 0 Å². The van der Waals surface area contributed by atoms with Gasteiger partial charge < -0.3 is 10.6 Å². The van der Waals surface area contributed by atoms with Crippen molar-refractivity contribution in [3.8, 4) is 0 Å². The molecule has 1 aliphatic rings. The van der Waals surface area contributed by atoms with Crippen molar-refractivity contribution in [3.63, 3.8) is 0 Å².